The van der Waals surface area contributed by atoms with E-state index in [0.29, 0.717) is 15.1 Å². The number of rotatable bonds is 3. The third-order valence-corrected chi connectivity index (χ3v) is 5.14. The van der Waals surface area contributed by atoms with Gasteiger partial charge in [0.2, 0.25) is 0 Å². The van der Waals surface area contributed by atoms with Gasteiger partial charge in [0.05, 0.1) is 25.9 Å². The molecule has 1 atom stereocenters. The Kier molecular flexibility index (Phi) is 4.93. The highest BCUT2D eigenvalue weighted by atomic mass is 79.9. The summed E-state index contributed by atoms with van der Waals surface area (Å²) in [5, 5.41) is 0. The first-order valence-electron chi connectivity index (χ1n) is 5.46. The predicted octanol–water partition coefficient (Wildman–Crippen LogP) is 4.38. The highest BCUT2D eigenvalue weighted by Gasteiger charge is 2.17. The molecule has 2 rings (SSSR count). The van der Waals surface area contributed by atoms with E-state index in [1.165, 1.54) is 6.07 Å². The third kappa shape index (κ3) is 3.27. The largest absolute Gasteiger partial charge is 0.398 e. The smallest absolute Gasteiger partial charge is 0.144 e. The van der Waals surface area contributed by atoms with Crippen molar-refractivity contribution in [1.82, 2.24) is 0 Å². The van der Waals surface area contributed by atoms with Gasteiger partial charge in [-0.2, -0.15) is 0 Å². The van der Waals surface area contributed by atoms with Gasteiger partial charge in [-0.05, 0) is 46.3 Å². The molecule has 106 valence electrons. The zero-order valence-corrected chi connectivity index (χ0v) is 14.0. The zero-order valence-electron chi connectivity index (χ0n) is 10.00. The van der Waals surface area contributed by atoms with Crippen molar-refractivity contribution in [2.45, 2.75) is 10.6 Å². The summed E-state index contributed by atoms with van der Waals surface area (Å²) < 4.78 is 40.6. The molecule has 0 aliphatic heterocycles. The van der Waals surface area contributed by atoms with Crippen molar-refractivity contribution in [3.8, 4) is 0 Å². The first-order valence-corrected chi connectivity index (χ1v) is 8.36. The molecule has 2 N–H and O–H groups in total. The molecule has 20 heavy (non-hydrogen) atoms. The van der Waals surface area contributed by atoms with E-state index >= 15 is 0 Å². The van der Waals surface area contributed by atoms with Crippen LogP contribution in [0.1, 0.15) is 5.56 Å². The monoisotopic (exact) mass is 423 g/mol. The molecule has 0 bridgehead atoms. The molecule has 0 spiro atoms. The van der Waals surface area contributed by atoms with E-state index in [-0.39, 0.29) is 15.8 Å². The standard InChI is InChI=1S/C13H9Br2F2NOS/c14-7-1-4-11(18)12(5-7)20(19)6-8-10(16)3-2-9(15)13(8)17/h1-5H,6,18H2. The maximum Gasteiger partial charge on any atom is 0.144 e. The van der Waals surface area contributed by atoms with Crippen LogP contribution in [0, 0.1) is 11.6 Å². The average molecular weight is 425 g/mol. The molecular formula is C13H9Br2F2NOS. The van der Waals surface area contributed by atoms with Gasteiger partial charge in [0.15, 0.2) is 0 Å². The lowest BCUT2D eigenvalue weighted by atomic mass is 10.2. The molecular weight excluding hydrogens is 416 g/mol. The number of hydrogen-bond donors (Lipinski definition) is 1. The summed E-state index contributed by atoms with van der Waals surface area (Å²) in [6.07, 6.45) is 0. The van der Waals surface area contributed by atoms with Gasteiger partial charge >= 0.3 is 0 Å². The Bertz CT molecular complexity index is 694. The summed E-state index contributed by atoms with van der Waals surface area (Å²) in [4.78, 5) is 0.346. The lowest BCUT2D eigenvalue weighted by molar-refractivity contribution is 0.560. The van der Waals surface area contributed by atoms with Crippen LogP contribution in [0.2, 0.25) is 0 Å². The second kappa shape index (κ2) is 6.32. The SMILES string of the molecule is Nc1ccc(Br)cc1S(=O)Cc1c(F)ccc(Br)c1F. The molecule has 2 aromatic rings. The van der Waals surface area contributed by atoms with Crippen molar-refractivity contribution in [3.05, 3.63) is 56.5 Å². The third-order valence-electron chi connectivity index (χ3n) is 2.64. The Hall–Kier alpha value is -0.790. The van der Waals surface area contributed by atoms with E-state index in [9.17, 15) is 13.0 Å². The number of nitrogens with two attached hydrogens (primary N) is 1. The molecule has 7 heteroatoms. The summed E-state index contributed by atoms with van der Waals surface area (Å²) in [7, 11) is -1.64. The van der Waals surface area contributed by atoms with Gasteiger partial charge in [-0.3, -0.25) is 4.21 Å². The van der Waals surface area contributed by atoms with E-state index in [1.807, 2.05) is 0 Å². The Morgan fingerprint density at radius 3 is 2.55 bits per heavy atom. The summed E-state index contributed by atoms with van der Waals surface area (Å²) >= 11 is 6.22. The molecule has 2 nitrogen and oxygen atoms in total. The second-order valence-corrected chi connectivity index (χ2v) is 7.18. The van der Waals surface area contributed by atoms with Gasteiger partial charge in [-0.15, -0.1) is 0 Å². The topological polar surface area (TPSA) is 43.1 Å². The molecule has 0 aliphatic rings. The molecule has 0 heterocycles. The van der Waals surface area contributed by atoms with Crippen LogP contribution in [0.15, 0.2) is 44.2 Å². The molecule has 2 aromatic carbocycles. The molecule has 0 amide bonds. The Morgan fingerprint density at radius 2 is 1.85 bits per heavy atom. The van der Waals surface area contributed by atoms with Crippen LogP contribution in [0.5, 0.6) is 0 Å². The predicted molar refractivity (Wildman–Crippen MR) is 82.7 cm³/mol. The Morgan fingerprint density at radius 1 is 1.15 bits per heavy atom. The number of nitrogen functional groups attached to an aromatic ring is 1. The fraction of sp³-hybridized carbons (Fsp3) is 0.0769. The van der Waals surface area contributed by atoms with Gasteiger partial charge in [0, 0.05) is 15.7 Å². The number of anilines is 1. The first kappa shape index (κ1) is 15.6. The zero-order chi connectivity index (χ0) is 14.9. The molecule has 0 saturated carbocycles. The van der Waals surface area contributed by atoms with Crippen molar-refractivity contribution in [1.29, 1.82) is 0 Å². The number of halogens is 4. The highest BCUT2D eigenvalue weighted by molar-refractivity contribution is 9.10. The van der Waals surface area contributed by atoms with Crippen molar-refractivity contribution >= 4 is 48.3 Å². The van der Waals surface area contributed by atoms with Crippen LogP contribution >= 0.6 is 31.9 Å². The maximum absolute atomic E-state index is 13.9. The number of benzene rings is 2. The molecule has 0 aliphatic carbocycles. The summed E-state index contributed by atoms with van der Waals surface area (Å²) in [6, 6.07) is 7.27. The molecule has 1 unspecified atom stereocenters. The van der Waals surface area contributed by atoms with Gasteiger partial charge in [-0.25, -0.2) is 8.78 Å². The Labute approximate surface area is 134 Å². The maximum atomic E-state index is 13.9. The lowest BCUT2D eigenvalue weighted by Gasteiger charge is -2.09. The summed E-state index contributed by atoms with van der Waals surface area (Å²) in [6.45, 7) is 0. The number of hydrogen-bond acceptors (Lipinski definition) is 2. The summed E-state index contributed by atoms with van der Waals surface area (Å²) in [5.41, 5.74) is 5.84. The molecule has 0 aromatic heterocycles. The van der Waals surface area contributed by atoms with Crippen molar-refractivity contribution in [2.75, 3.05) is 5.73 Å². The van der Waals surface area contributed by atoms with Crippen LogP contribution in [-0.4, -0.2) is 4.21 Å². The summed E-state index contributed by atoms with van der Waals surface area (Å²) in [5.74, 6) is -1.75. The van der Waals surface area contributed by atoms with E-state index in [1.54, 1.807) is 18.2 Å². The average Bonchev–Trinajstić information content (AvgIpc) is 2.41. The van der Waals surface area contributed by atoms with E-state index in [0.717, 1.165) is 6.07 Å². The van der Waals surface area contributed by atoms with E-state index in [4.69, 9.17) is 5.73 Å². The highest BCUT2D eigenvalue weighted by Crippen LogP contribution is 2.27. The van der Waals surface area contributed by atoms with Gasteiger partial charge in [-0.1, -0.05) is 15.9 Å². The van der Waals surface area contributed by atoms with Crippen molar-refractivity contribution < 1.29 is 13.0 Å². The minimum Gasteiger partial charge on any atom is -0.398 e. The first-order chi connectivity index (χ1) is 9.40. The minimum atomic E-state index is -1.64. The van der Waals surface area contributed by atoms with Crippen molar-refractivity contribution in [3.63, 3.8) is 0 Å². The van der Waals surface area contributed by atoms with Gasteiger partial charge in [0.25, 0.3) is 0 Å². The second-order valence-electron chi connectivity index (χ2n) is 3.99. The van der Waals surface area contributed by atoms with Crippen molar-refractivity contribution in [2.24, 2.45) is 0 Å². The van der Waals surface area contributed by atoms with Crippen LogP contribution in [0.25, 0.3) is 0 Å². The normalized spacial score (nSPS) is 12.4. The molecule has 0 radical (unpaired) electrons. The van der Waals surface area contributed by atoms with Gasteiger partial charge in [0.1, 0.15) is 11.6 Å². The van der Waals surface area contributed by atoms with E-state index in [2.05, 4.69) is 31.9 Å². The minimum absolute atomic E-state index is 0.133. The van der Waals surface area contributed by atoms with Crippen LogP contribution in [-0.2, 0) is 16.6 Å². The Balaban J connectivity index is 2.38. The fourth-order valence-electron chi connectivity index (χ4n) is 1.62. The quantitative estimate of drug-likeness (QED) is 0.586. The van der Waals surface area contributed by atoms with Crippen LogP contribution < -0.4 is 5.73 Å². The molecule has 0 saturated heterocycles. The van der Waals surface area contributed by atoms with Crippen LogP contribution in [0.3, 0.4) is 0 Å². The van der Waals surface area contributed by atoms with Gasteiger partial charge < -0.3 is 5.73 Å². The fourth-order valence-corrected chi connectivity index (χ4v) is 3.77. The lowest BCUT2D eigenvalue weighted by Crippen LogP contribution is -2.05. The van der Waals surface area contributed by atoms with E-state index < -0.39 is 22.4 Å². The molecule has 0 fully saturated rings. The van der Waals surface area contributed by atoms with Crippen LogP contribution in [0.4, 0.5) is 14.5 Å².